The molecule has 0 aliphatic rings. The Morgan fingerprint density at radius 1 is 0.952 bits per heavy atom. The van der Waals surface area contributed by atoms with E-state index in [0.717, 1.165) is 35.1 Å². The molecule has 4 rings (SSSR count). The first-order valence-electron chi connectivity index (χ1n) is 5.74. The Bertz CT molecular complexity index is 903. The third kappa shape index (κ3) is 3.40. The van der Waals surface area contributed by atoms with Gasteiger partial charge in [-0.25, -0.2) is 19.9 Å². The minimum absolute atomic E-state index is 0.764. The molecule has 9 heteroatoms. The normalized spacial score (nSPS) is 10.6. The highest BCUT2D eigenvalue weighted by Gasteiger charge is 2.02. The van der Waals surface area contributed by atoms with Gasteiger partial charge in [0.2, 0.25) is 0 Å². The van der Waals surface area contributed by atoms with Crippen LogP contribution in [0, 0.1) is 3.57 Å². The van der Waals surface area contributed by atoms with Crippen molar-refractivity contribution in [3.63, 3.8) is 0 Å². The molecule has 0 amide bonds. The molecule has 21 heavy (non-hydrogen) atoms. The molecular weight excluding hydrogens is 515 g/mol. The van der Waals surface area contributed by atoms with Crippen molar-refractivity contribution in [1.29, 1.82) is 0 Å². The second-order valence-corrected chi connectivity index (χ2v) is 6.72. The third-order valence-electron chi connectivity index (χ3n) is 2.54. The summed E-state index contributed by atoms with van der Waals surface area (Å²) >= 11 is 8.71. The van der Waals surface area contributed by atoms with Crippen molar-refractivity contribution in [2.45, 2.75) is 0 Å². The van der Waals surface area contributed by atoms with Gasteiger partial charge < -0.3 is 9.97 Å². The summed E-state index contributed by atoms with van der Waals surface area (Å²) in [6, 6.07) is 1.88. The summed E-state index contributed by atoms with van der Waals surface area (Å²) in [7, 11) is 0. The van der Waals surface area contributed by atoms with Crippen molar-refractivity contribution in [2.75, 3.05) is 0 Å². The lowest BCUT2D eigenvalue weighted by Crippen LogP contribution is -1.81. The van der Waals surface area contributed by atoms with E-state index in [9.17, 15) is 0 Å². The van der Waals surface area contributed by atoms with Gasteiger partial charge in [-0.3, -0.25) is 0 Å². The Balaban J connectivity index is 0.000000126. The molecule has 4 heterocycles. The summed E-state index contributed by atoms with van der Waals surface area (Å²) in [6.07, 6.45) is 7.04. The lowest BCUT2D eigenvalue weighted by Gasteiger charge is -1.89. The first-order valence-corrected chi connectivity index (χ1v) is 8.41. The van der Waals surface area contributed by atoms with Crippen molar-refractivity contribution >= 4 is 76.8 Å². The number of nitrogens with one attached hydrogen (secondary N) is 2. The van der Waals surface area contributed by atoms with E-state index < -0.39 is 0 Å². The van der Waals surface area contributed by atoms with Gasteiger partial charge in [-0.05, 0) is 60.5 Å². The summed E-state index contributed by atoms with van der Waals surface area (Å²) in [4.78, 5) is 22.6. The highest BCUT2D eigenvalue weighted by molar-refractivity contribution is 14.1. The molecule has 0 saturated heterocycles. The fraction of sp³-hybridized carbons (Fsp3) is 0. The zero-order valence-electron chi connectivity index (χ0n) is 10.3. The monoisotopic (exact) mass is 520 g/mol. The van der Waals surface area contributed by atoms with Crippen LogP contribution in [0.15, 0.2) is 40.1 Å². The van der Waals surface area contributed by atoms with E-state index in [1.54, 1.807) is 12.4 Å². The highest BCUT2D eigenvalue weighted by atomic mass is 127. The Morgan fingerprint density at radius 2 is 1.67 bits per heavy atom. The summed E-state index contributed by atoms with van der Waals surface area (Å²) < 4.78 is 2.62. The van der Waals surface area contributed by atoms with Crippen LogP contribution in [-0.2, 0) is 0 Å². The lowest BCUT2D eigenvalue weighted by atomic mass is 10.5. The summed E-state index contributed by atoms with van der Waals surface area (Å²) in [5.74, 6) is 0. The Morgan fingerprint density at radius 3 is 2.48 bits per heavy atom. The molecule has 0 aliphatic carbocycles. The van der Waals surface area contributed by atoms with Crippen molar-refractivity contribution < 1.29 is 0 Å². The molecule has 6 nitrogen and oxygen atoms in total. The van der Waals surface area contributed by atoms with Gasteiger partial charge in [0.05, 0.1) is 16.0 Å². The number of aromatic amines is 2. The molecule has 0 aromatic carbocycles. The number of hydrogen-bond donors (Lipinski definition) is 2. The fourth-order valence-electron chi connectivity index (χ4n) is 1.65. The quantitative estimate of drug-likeness (QED) is 0.342. The summed E-state index contributed by atoms with van der Waals surface area (Å²) in [5, 5.41) is 0. The minimum atomic E-state index is 0.764. The SMILES string of the molecule is Brc1cnc2[nH]cc(I)c2n1.Brc1cnc2[nH]ccc2n1. The molecule has 4 aromatic rings. The molecule has 0 spiro atoms. The maximum absolute atomic E-state index is 4.25. The van der Waals surface area contributed by atoms with E-state index in [4.69, 9.17) is 0 Å². The second-order valence-electron chi connectivity index (χ2n) is 3.93. The van der Waals surface area contributed by atoms with Gasteiger partial charge in [-0.1, -0.05) is 0 Å². The van der Waals surface area contributed by atoms with Crippen LogP contribution in [-0.4, -0.2) is 29.9 Å². The first-order chi connectivity index (χ1) is 10.1. The van der Waals surface area contributed by atoms with E-state index in [2.05, 4.69) is 84.4 Å². The number of fused-ring (bicyclic) bond motifs is 2. The van der Waals surface area contributed by atoms with Gasteiger partial charge in [-0.2, -0.15) is 0 Å². The average molecular weight is 522 g/mol. The zero-order chi connectivity index (χ0) is 14.8. The molecule has 2 N–H and O–H groups in total. The third-order valence-corrected chi connectivity index (χ3v) is 4.12. The van der Waals surface area contributed by atoms with Crippen LogP contribution in [0.4, 0.5) is 0 Å². The largest absolute Gasteiger partial charge is 0.345 e. The fourth-order valence-corrected chi connectivity index (χ4v) is 2.75. The molecular formula is C12H7Br2IN6. The standard InChI is InChI=1S/C6H3BrIN3.C6H4BrN3/c7-4-2-10-6-5(11-4)3(8)1-9-6;7-5-3-9-6-4(10-5)1-2-8-6/h1-2H,(H,9,10);1-3H,(H,8,9). The first kappa shape index (κ1) is 14.9. The molecule has 0 fully saturated rings. The summed E-state index contributed by atoms with van der Waals surface area (Å²) in [5.41, 5.74) is 3.45. The van der Waals surface area contributed by atoms with Crippen LogP contribution >= 0.6 is 54.5 Å². The van der Waals surface area contributed by atoms with Crippen LogP contribution in [0.3, 0.4) is 0 Å². The number of rotatable bonds is 0. The van der Waals surface area contributed by atoms with E-state index in [0.29, 0.717) is 0 Å². The number of hydrogen-bond acceptors (Lipinski definition) is 4. The topological polar surface area (TPSA) is 83.1 Å². The molecule has 106 valence electrons. The number of halogens is 3. The van der Waals surface area contributed by atoms with E-state index >= 15 is 0 Å². The molecule has 0 radical (unpaired) electrons. The van der Waals surface area contributed by atoms with Gasteiger partial charge in [0, 0.05) is 12.4 Å². The van der Waals surface area contributed by atoms with Crippen molar-refractivity contribution in [3.05, 3.63) is 43.6 Å². The molecule has 0 saturated carbocycles. The number of H-pyrrole nitrogens is 2. The van der Waals surface area contributed by atoms with Crippen LogP contribution in [0.1, 0.15) is 0 Å². The lowest BCUT2D eigenvalue weighted by molar-refractivity contribution is 1.23. The van der Waals surface area contributed by atoms with Gasteiger partial charge >= 0.3 is 0 Å². The Hall–Kier alpha value is -1.07. The molecule has 0 unspecified atom stereocenters. The molecule has 0 atom stereocenters. The molecule has 0 bridgehead atoms. The predicted molar refractivity (Wildman–Crippen MR) is 95.9 cm³/mol. The maximum atomic E-state index is 4.25. The van der Waals surface area contributed by atoms with Gasteiger partial charge in [0.25, 0.3) is 0 Å². The minimum Gasteiger partial charge on any atom is -0.345 e. The van der Waals surface area contributed by atoms with E-state index in [1.807, 2.05) is 18.5 Å². The highest BCUT2D eigenvalue weighted by Crippen LogP contribution is 2.17. The van der Waals surface area contributed by atoms with Crippen LogP contribution in [0.25, 0.3) is 22.3 Å². The second kappa shape index (κ2) is 6.36. The van der Waals surface area contributed by atoms with E-state index in [-0.39, 0.29) is 0 Å². The molecule has 0 aliphatic heterocycles. The van der Waals surface area contributed by atoms with Gasteiger partial charge in [0.15, 0.2) is 11.3 Å². The van der Waals surface area contributed by atoms with E-state index in [1.165, 1.54) is 0 Å². The van der Waals surface area contributed by atoms with Crippen LogP contribution < -0.4 is 0 Å². The number of nitrogens with zero attached hydrogens (tertiary/aromatic N) is 4. The Labute approximate surface area is 149 Å². The maximum Gasteiger partial charge on any atom is 0.157 e. The van der Waals surface area contributed by atoms with Crippen molar-refractivity contribution in [3.8, 4) is 0 Å². The zero-order valence-corrected chi connectivity index (χ0v) is 15.6. The van der Waals surface area contributed by atoms with Gasteiger partial charge in [-0.15, -0.1) is 0 Å². The summed E-state index contributed by atoms with van der Waals surface area (Å²) in [6.45, 7) is 0. The molecule has 4 aromatic heterocycles. The van der Waals surface area contributed by atoms with Crippen molar-refractivity contribution in [2.24, 2.45) is 0 Å². The van der Waals surface area contributed by atoms with Crippen molar-refractivity contribution in [1.82, 2.24) is 29.9 Å². The van der Waals surface area contributed by atoms with Gasteiger partial charge in [0.1, 0.15) is 20.2 Å². The smallest absolute Gasteiger partial charge is 0.157 e. The van der Waals surface area contributed by atoms with Crippen LogP contribution in [0.5, 0.6) is 0 Å². The predicted octanol–water partition coefficient (Wildman–Crippen LogP) is 4.05. The average Bonchev–Trinajstić information content (AvgIpc) is 3.06. The van der Waals surface area contributed by atoms with Crippen LogP contribution in [0.2, 0.25) is 0 Å². The Kier molecular flexibility index (Phi) is 4.50. The number of aromatic nitrogens is 6.